The van der Waals surface area contributed by atoms with Gasteiger partial charge in [0.15, 0.2) is 6.10 Å². The zero-order chi connectivity index (χ0) is 13.2. The molecule has 7 N–H and O–H groups in total. The summed E-state index contributed by atoms with van der Waals surface area (Å²) in [6.45, 7) is -1.72. The predicted molar refractivity (Wildman–Crippen MR) is 50.2 cm³/mol. The highest BCUT2D eigenvalue weighted by molar-refractivity contribution is 5.77. The quantitative estimate of drug-likeness (QED) is 0.247. The zero-order valence-corrected chi connectivity index (χ0v) is 8.72. The van der Waals surface area contributed by atoms with E-state index in [2.05, 4.69) is 0 Å². The van der Waals surface area contributed by atoms with Crippen LogP contribution in [-0.4, -0.2) is 80.1 Å². The van der Waals surface area contributed by atoms with Gasteiger partial charge < -0.3 is 40.7 Å². The Morgan fingerprint density at radius 3 is 2.29 bits per heavy atom. The molecule has 9 nitrogen and oxygen atoms in total. The van der Waals surface area contributed by atoms with E-state index in [4.69, 9.17) is 14.9 Å². The van der Waals surface area contributed by atoms with Gasteiger partial charge >= 0.3 is 0 Å². The molecule has 0 radical (unpaired) electrons. The maximum Gasteiger partial charge on any atom is 0.279 e. The first-order chi connectivity index (χ1) is 7.85. The van der Waals surface area contributed by atoms with Crippen molar-refractivity contribution in [1.82, 2.24) is 5.32 Å². The third-order valence-corrected chi connectivity index (χ3v) is 2.43. The minimum atomic E-state index is -2.69. The van der Waals surface area contributed by atoms with Gasteiger partial charge in [0.05, 0.1) is 6.61 Å². The first kappa shape index (κ1) is 14.3. The van der Waals surface area contributed by atoms with Gasteiger partial charge in [0.25, 0.3) is 5.91 Å². The van der Waals surface area contributed by atoms with Crippen molar-refractivity contribution in [3.05, 3.63) is 0 Å². The smallest absolute Gasteiger partial charge is 0.279 e. The van der Waals surface area contributed by atoms with E-state index in [1.54, 1.807) is 5.32 Å². The maximum atomic E-state index is 10.9. The predicted octanol–water partition coefficient (Wildman–Crippen LogP) is -4.79. The maximum absolute atomic E-state index is 10.9. The standard InChI is InChI=1S/C8H15NO8/c10-1-3-5(13)6(14)7(15)8(16,17-3)9-4(12)2-11/h3,5-7,10-11,13-16H,1-2H2,(H,9,12). The van der Waals surface area contributed by atoms with Crippen LogP contribution in [-0.2, 0) is 9.53 Å². The number of carbonyl (C=O) groups excluding carboxylic acids is 1. The lowest BCUT2D eigenvalue weighted by molar-refractivity contribution is -0.358. The second kappa shape index (κ2) is 5.23. The Morgan fingerprint density at radius 2 is 1.82 bits per heavy atom. The summed E-state index contributed by atoms with van der Waals surface area (Å²) in [4.78, 5) is 10.9. The van der Waals surface area contributed by atoms with Crippen LogP contribution in [0.1, 0.15) is 0 Å². The van der Waals surface area contributed by atoms with E-state index in [1.165, 1.54) is 0 Å². The highest BCUT2D eigenvalue weighted by Crippen LogP contribution is 2.26. The summed E-state index contributed by atoms with van der Waals surface area (Å²) in [5.74, 6) is -3.75. The number of nitrogens with one attached hydrogen (secondary N) is 1. The molecule has 0 aromatic rings. The second-order valence-corrected chi connectivity index (χ2v) is 3.67. The van der Waals surface area contributed by atoms with Gasteiger partial charge in [-0.05, 0) is 0 Å². The molecular weight excluding hydrogens is 238 g/mol. The molecule has 1 rings (SSSR count). The third-order valence-electron chi connectivity index (χ3n) is 2.43. The van der Waals surface area contributed by atoms with Gasteiger partial charge in [0.2, 0.25) is 5.91 Å². The van der Waals surface area contributed by atoms with E-state index in [-0.39, 0.29) is 0 Å². The average molecular weight is 253 g/mol. The van der Waals surface area contributed by atoms with Crippen LogP contribution in [0.25, 0.3) is 0 Å². The minimum Gasteiger partial charge on any atom is -0.394 e. The Kier molecular flexibility index (Phi) is 4.38. The first-order valence-electron chi connectivity index (χ1n) is 4.83. The molecule has 9 heteroatoms. The van der Waals surface area contributed by atoms with Crippen LogP contribution < -0.4 is 5.32 Å². The van der Waals surface area contributed by atoms with Crippen molar-refractivity contribution in [3.63, 3.8) is 0 Å². The number of hydrogen-bond donors (Lipinski definition) is 7. The van der Waals surface area contributed by atoms with Gasteiger partial charge in [0, 0.05) is 0 Å². The number of carbonyl (C=O) groups is 1. The second-order valence-electron chi connectivity index (χ2n) is 3.67. The Hall–Kier alpha value is -0.810. The average Bonchev–Trinajstić information content (AvgIpc) is 2.31. The molecule has 5 unspecified atom stereocenters. The molecule has 1 fully saturated rings. The van der Waals surface area contributed by atoms with E-state index in [0.717, 1.165) is 0 Å². The summed E-state index contributed by atoms with van der Waals surface area (Å²) in [5, 5.41) is 57.0. The fourth-order valence-electron chi connectivity index (χ4n) is 1.50. The van der Waals surface area contributed by atoms with Crippen molar-refractivity contribution in [3.8, 4) is 0 Å². The Morgan fingerprint density at radius 1 is 1.24 bits per heavy atom. The van der Waals surface area contributed by atoms with Gasteiger partial charge in [-0.25, -0.2) is 0 Å². The molecular formula is C8H15NO8. The fourth-order valence-corrected chi connectivity index (χ4v) is 1.50. The van der Waals surface area contributed by atoms with Crippen LogP contribution in [0.5, 0.6) is 0 Å². The molecule has 1 saturated heterocycles. The highest BCUT2D eigenvalue weighted by Gasteiger charge is 2.53. The topological polar surface area (TPSA) is 160 Å². The van der Waals surface area contributed by atoms with Crippen LogP contribution >= 0.6 is 0 Å². The van der Waals surface area contributed by atoms with Crippen molar-refractivity contribution in [2.45, 2.75) is 30.3 Å². The van der Waals surface area contributed by atoms with Crippen molar-refractivity contribution in [1.29, 1.82) is 0 Å². The van der Waals surface area contributed by atoms with Gasteiger partial charge in [-0.1, -0.05) is 0 Å². The van der Waals surface area contributed by atoms with Crippen LogP contribution in [0.4, 0.5) is 0 Å². The molecule has 100 valence electrons. The third kappa shape index (κ3) is 2.72. The summed E-state index contributed by atoms with van der Waals surface area (Å²) in [5.41, 5.74) is 0. The van der Waals surface area contributed by atoms with Gasteiger partial charge in [-0.3, -0.25) is 4.79 Å². The van der Waals surface area contributed by atoms with Gasteiger partial charge in [-0.15, -0.1) is 0 Å². The summed E-state index contributed by atoms with van der Waals surface area (Å²) < 4.78 is 4.69. The summed E-state index contributed by atoms with van der Waals surface area (Å²) >= 11 is 0. The first-order valence-corrected chi connectivity index (χ1v) is 4.83. The molecule has 0 saturated carbocycles. The van der Waals surface area contributed by atoms with Crippen molar-refractivity contribution >= 4 is 5.91 Å². The number of aliphatic hydroxyl groups excluding tert-OH is 5. The van der Waals surface area contributed by atoms with E-state index in [9.17, 15) is 25.2 Å². The number of ether oxygens (including phenoxy) is 1. The molecule has 1 aliphatic heterocycles. The summed E-state index contributed by atoms with van der Waals surface area (Å²) in [7, 11) is 0. The van der Waals surface area contributed by atoms with Gasteiger partial charge in [0.1, 0.15) is 24.9 Å². The molecule has 17 heavy (non-hydrogen) atoms. The fraction of sp³-hybridized carbons (Fsp3) is 0.875. The molecule has 1 heterocycles. The highest BCUT2D eigenvalue weighted by atomic mass is 16.7. The number of aliphatic hydroxyl groups is 6. The Balaban J connectivity index is 2.86. The number of rotatable bonds is 3. The van der Waals surface area contributed by atoms with Crippen molar-refractivity contribution in [2.24, 2.45) is 0 Å². The van der Waals surface area contributed by atoms with Crippen molar-refractivity contribution < 1.29 is 40.2 Å². The molecule has 0 spiro atoms. The Bertz CT molecular complexity index is 285. The lowest BCUT2D eigenvalue weighted by Gasteiger charge is -2.45. The molecule has 1 amide bonds. The lowest BCUT2D eigenvalue weighted by Crippen LogP contribution is -2.71. The molecule has 0 bridgehead atoms. The monoisotopic (exact) mass is 253 g/mol. The molecule has 5 atom stereocenters. The lowest BCUT2D eigenvalue weighted by atomic mass is 9.96. The van der Waals surface area contributed by atoms with E-state index in [1.807, 2.05) is 0 Å². The van der Waals surface area contributed by atoms with Crippen LogP contribution in [0.3, 0.4) is 0 Å². The normalized spacial score (nSPS) is 42.2. The van der Waals surface area contributed by atoms with Crippen LogP contribution in [0.2, 0.25) is 0 Å². The molecule has 1 aliphatic rings. The van der Waals surface area contributed by atoms with E-state index in [0.29, 0.717) is 0 Å². The SMILES string of the molecule is O=C(CO)NC1(O)OC(CO)C(O)C(O)C1O. The number of hydrogen-bond acceptors (Lipinski definition) is 8. The van der Waals surface area contributed by atoms with Crippen LogP contribution in [0.15, 0.2) is 0 Å². The minimum absolute atomic E-state index is 0.748. The molecule has 0 aliphatic carbocycles. The zero-order valence-electron chi connectivity index (χ0n) is 8.72. The van der Waals surface area contributed by atoms with Crippen LogP contribution in [0, 0.1) is 0 Å². The Labute approximate surface area is 95.9 Å². The van der Waals surface area contributed by atoms with Crippen molar-refractivity contribution in [2.75, 3.05) is 13.2 Å². The molecule has 0 aromatic heterocycles. The molecule has 0 aromatic carbocycles. The van der Waals surface area contributed by atoms with Gasteiger partial charge in [-0.2, -0.15) is 0 Å². The number of amides is 1. The summed E-state index contributed by atoms with van der Waals surface area (Å²) in [6.07, 6.45) is -6.88. The largest absolute Gasteiger partial charge is 0.394 e. The summed E-state index contributed by atoms with van der Waals surface area (Å²) in [6, 6.07) is 0. The van der Waals surface area contributed by atoms with E-state index < -0.39 is 49.4 Å². The van der Waals surface area contributed by atoms with E-state index >= 15 is 0 Å².